The van der Waals surface area contributed by atoms with Crippen molar-refractivity contribution in [1.29, 1.82) is 0 Å². The summed E-state index contributed by atoms with van der Waals surface area (Å²) < 4.78 is 0. The van der Waals surface area contributed by atoms with Gasteiger partial charge in [0, 0.05) is 18.8 Å². The highest BCUT2D eigenvalue weighted by Gasteiger charge is 2.12. The molecule has 0 unspecified atom stereocenters. The molecule has 0 aliphatic carbocycles. The molecule has 1 aromatic rings. The molecule has 0 saturated heterocycles. The van der Waals surface area contributed by atoms with Gasteiger partial charge >= 0.3 is 0 Å². The topological polar surface area (TPSA) is 59.3 Å². The molecule has 15 heavy (non-hydrogen) atoms. The number of aromatic nitrogens is 1. The summed E-state index contributed by atoms with van der Waals surface area (Å²) in [7, 11) is 3.94. The molecule has 0 amide bonds. The quantitative estimate of drug-likeness (QED) is 0.555. The molecule has 0 aromatic carbocycles. The number of pyridine rings is 1. The van der Waals surface area contributed by atoms with Crippen molar-refractivity contribution in [1.82, 2.24) is 9.88 Å². The van der Waals surface area contributed by atoms with Crippen LogP contribution in [0.1, 0.15) is 11.3 Å². The van der Waals surface area contributed by atoms with E-state index in [0.29, 0.717) is 5.69 Å². The molecule has 1 heterocycles. The average molecular weight is 209 g/mol. The number of likely N-dealkylation sites (N-methyl/N-ethyl adjacent to an activating group) is 1. The Bertz CT molecular complexity index is 364. The van der Waals surface area contributed by atoms with Crippen LogP contribution in [0.15, 0.2) is 12.3 Å². The van der Waals surface area contributed by atoms with E-state index in [0.717, 1.165) is 18.5 Å². The maximum atomic E-state index is 10.7. The van der Waals surface area contributed by atoms with E-state index < -0.39 is 0 Å². The average Bonchev–Trinajstić information content (AvgIpc) is 2.16. The van der Waals surface area contributed by atoms with Gasteiger partial charge in [0.05, 0.1) is 4.92 Å². The Labute approximate surface area is 88.9 Å². The van der Waals surface area contributed by atoms with Gasteiger partial charge in [-0.25, -0.2) is 0 Å². The van der Waals surface area contributed by atoms with E-state index in [2.05, 4.69) is 4.98 Å². The second-order valence-corrected chi connectivity index (χ2v) is 3.76. The fraction of sp³-hybridized carbons (Fsp3) is 0.500. The Morgan fingerprint density at radius 2 is 2.20 bits per heavy atom. The number of hydrogen-bond acceptors (Lipinski definition) is 4. The Morgan fingerprint density at radius 3 is 2.73 bits per heavy atom. The fourth-order valence-electron chi connectivity index (χ4n) is 1.24. The van der Waals surface area contributed by atoms with E-state index >= 15 is 0 Å². The summed E-state index contributed by atoms with van der Waals surface area (Å²) in [5.41, 5.74) is 1.47. The van der Waals surface area contributed by atoms with Gasteiger partial charge in [0.1, 0.15) is 5.69 Å². The second-order valence-electron chi connectivity index (χ2n) is 3.76. The molecular weight excluding hydrogens is 194 g/mol. The Balaban J connectivity index is 2.83. The number of rotatable bonds is 4. The van der Waals surface area contributed by atoms with E-state index in [9.17, 15) is 10.1 Å². The van der Waals surface area contributed by atoms with Gasteiger partial charge in [-0.05, 0) is 33.0 Å². The first-order valence-corrected chi connectivity index (χ1v) is 4.75. The molecule has 0 bridgehead atoms. The van der Waals surface area contributed by atoms with Crippen LogP contribution in [0.25, 0.3) is 0 Å². The van der Waals surface area contributed by atoms with Gasteiger partial charge in [0.15, 0.2) is 0 Å². The highest BCUT2D eigenvalue weighted by atomic mass is 16.6. The molecule has 0 spiro atoms. The van der Waals surface area contributed by atoms with Crippen molar-refractivity contribution >= 4 is 5.69 Å². The van der Waals surface area contributed by atoms with Crippen LogP contribution >= 0.6 is 0 Å². The third-order valence-corrected chi connectivity index (χ3v) is 2.16. The van der Waals surface area contributed by atoms with Crippen molar-refractivity contribution in [2.45, 2.75) is 13.3 Å². The third-order valence-electron chi connectivity index (χ3n) is 2.16. The number of aryl methyl sites for hydroxylation is 1. The van der Waals surface area contributed by atoms with Gasteiger partial charge in [-0.15, -0.1) is 0 Å². The molecule has 5 nitrogen and oxygen atoms in total. The summed E-state index contributed by atoms with van der Waals surface area (Å²) in [5.74, 6) is 0. The summed E-state index contributed by atoms with van der Waals surface area (Å²) in [5, 5.41) is 10.7. The van der Waals surface area contributed by atoms with Gasteiger partial charge in [0.25, 0.3) is 5.69 Å². The van der Waals surface area contributed by atoms with Crippen molar-refractivity contribution in [3.05, 3.63) is 33.6 Å². The van der Waals surface area contributed by atoms with Crippen LogP contribution < -0.4 is 0 Å². The zero-order valence-corrected chi connectivity index (χ0v) is 9.23. The summed E-state index contributed by atoms with van der Waals surface area (Å²) in [6.07, 6.45) is 2.48. The molecule has 0 N–H and O–H groups in total. The van der Waals surface area contributed by atoms with Crippen LogP contribution in [0.4, 0.5) is 5.69 Å². The lowest BCUT2D eigenvalue weighted by Crippen LogP contribution is -2.15. The SMILES string of the molecule is Cc1ncc(CCN(C)C)cc1[N+](=O)[O-]. The van der Waals surface area contributed by atoms with Crippen LogP contribution in [-0.4, -0.2) is 35.4 Å². The number of nitrogens with zero attached hydrogens (tertiary/aromatic N) is 3. The molecule has 0 fully saturated rings. The van der Waals surface area contributed by atoms with E-state index in [4.69, 9.17) is 0 Å². The van der Waals surface area contributed by atoms with Crippen LogP contribution in [0, 0.1) is 17.0 Å². The van der Waals surface area contributed by atoms with E-state index in [1.807, 2.05) is 19.0 Å². The lowest BCUT2D eigenvalue weighted by Gasteiger charge is -2.08. The van der Waals surface area contributed by atoms with Gasteiger partial charge in [0.2, 0.25) is 0 Å². The van der Waals surface area contributed by atoms with Crippen LogP contribution in [0.2, 0.25) is 0 Å². The lowest BCUT2D eigenvalue weighted by atomic mass is 10.1. The zero-order valence-electron chi connectivity index (χ0n) is 9.23. The number of hydrogen-bond donors (Lipinski definition) is 0. The minimum Gasteiger partial charge on any atom is -0.309 e. The van der Waals surface area contributed by atoms with E-state index in [-0.39, 0.29) is 10.6 Å². The Hall–Kier alpha value is -1.49. The van der Waals surface area contributed by atoms with Gasteiger partial charge < -0.3 is 4.90 Å². The molecule has 82 valence electrons. The summed E-state index contributed by atoms with van der Waals surface area (Å²) in [6.45, 7) is 2.51. The molecule has 5 heteroatoms. The van der Waals surface area contributed by atoms with Crippen LogP contribution in [0.3, 0.4) is 0 Å². The van der Waals surface area contributed by atoms with Gasteiger partial charge in [-0.2, -0.15) is 0 Å². The van der Waals surface area contributed by atoms with Crippen molar-refractivity contribution in [2.75, 3.05) is 20.6 Å². The highest BCUT2D eigenvalue weighted by molar-refractivity contribution is 5.37. The molecule has 1 rings (SSSR count). The van der Waals surface area contributed by atoms with Crippen molar-refractivity contribution < 1.29 is 4.92 Å². The third kappa shape index (κ3) is 3.28. The minimum absolute atomic E-state index is 0.103. The Morgan fingerprint density at radius 1 is 1.53 bits per heavy atom. The first-order chi connectivity index (χ1) is 7.00. The lowest BCUT2D eigenvalue weighted by molar-refractivity contribution is -0.385. The molecule has 0 saturated carbocycles. The summed E-state index contributed by atoms with van der Waals surface area (Å²) in [4.78, 5) is 16.3. The molecule has 0 atom stereocenters. The molecule has 1 aromatic heterocycles. The standard InChI is InChI=1S/C10H15N3O2/c1-8-10(13(14)15)6-9(7-11-8)4-5-12(2)3/h6-7H,4-5H2,1-3H3. The fourth-order valence-corrected chi connectivity index (χ4v) is 1.24. The molecule has 0 radical (unpaired) electrons. The maximum Gasteiger partial charge on any atom is 0.290 e. The van der Waals surface area contributed by atoms with Gasteiger partial charge in [-0.3, -0.25) is 15.1 Å². The maximum absolute atomic E-state index is 10.7. The Kier molecular flexibility index (Phi) is 3.74. The highest BCUT2D eigenvalue weighted by Crippen LogP contribution is 2.16. The predicted molar refractivity (Wildman–Crippen MR) is 57.9 cm³/mol. The van der Waals surface area contributed by atoms with Crippen LogP contribution in [0.5, 0.6) is 0 Å². The molecular formula is C10H15N3O2. The van der Waals surface area contributed by atoms with E-state index in [1.54, 1.807) is 19.2 Å². The van der Waals surface area contributed by atoms with Gasteiger partial charge in [-0.1, -0.05) is 0 Å². The first kappa shape index (κ1) is 11.6. The zero-order chi connectivity index (χ0) is 11.4. The minimum atomic E-state index is -0.387. The molecule has 0 aliphatic rings. The predicted octanol–water partition coefficient (Wildman–Crippen LogP) is 1.40. The van der Waals surface area contributed by atoms with Crippen LogP contribution in [-0.2, 0) is 6.42 Å². The largest absolute Gasteiger partial charge is 0.309 e. The van der Waals surface area contributed by atoms with E-state index in [1.165, 1.54) is 0 Å². The van der Waals surface area contributed by atoms with Crippen molar-refractivity contribution in [3.8, 4) is 0 Å². The summed E-state index contributed by atoms with van der Waals surface area (Å²) >= 11 is 0. The smallest absolute Gasteiger partial charge is 0.290 e. The second kappa shape index (κ2) is 4.84. The first-order valence-electron chi connectivity index (χ1n) is 4.75. The van der Waals surface area contributed by atoms with Crippen molar-refractivity contribution in [2.24, 2.45) is 0 Å². The summed E-state index contributed by atoms with van der Waals surface area (Å²) in [6, 6.07) is 1.60. The van der Waals surface area contributed by atoms with Crippen molar-refractivity contribution in [3.63, 3.8) is 0 Å². The molecule has 0 aliphatic heterocycles. The normalized spacial score (nSPS) is 10.7. The monoisotopic (exact) mass is 209 g/mol. The number of nitro groups is 1.